The molecule has 0 bridgehead atoms. The van der Waals surface area contributed by atoms with Crippen molar-refractivity contribution >= 4 is 0 Å². The fraction of sp³-hybridized carbons (Fsp3) is 1.00. The van der Waals surface area contributed by atoms with E-state index in [1.165, 1.54) is 12.8 Å². The van der Waals surface area contributed by atoms with Gasteiger partial charge in [-0.05, 0) is 32.7 Å². The third-order valence-corrected chi connectivity index (χ3v) is 3.08. The van der Waals surface area contributed by atoms with Crippen molar-refractivity contribution in [3.63, 3.8) is 0 Å². The first-order chi connectivity index (χ1) is 6.09. The first kappa shape index (κ1) is 11.0. The van der Waals surface area contributed by atoms with Gasteiger partial charge in [-0.2, -0.15) is 0 Å². The minimum Gasteiger partial charge on any atom is -0.389 e. The summed E-state index contributed by atoms with van der Waals surface area (Å²) in [6.45, 7) is 6.51. The van der Waals surface area contributed by atoms with Gasteiger partial charge in [0.15, 0.2) is 0 Å². The molecule has 3 heteroatoms. The fourth-order valence-electron chi connectivity index (χ4n) is 1.92. The Morgan fingerprint density at radius 3 is 2.85 bits per heavy atom. The van der Waals surface area contributed by atoms with Crippen molar-refractivity contribution in [1.82, 2.24) is 4.90 Å². The monoisotopic (exact) mass is 186 g/mol. The second-order valence-corrected chi connectivity index (χ2v) is 4.35. The van der Waals surface area contributed by atoms with Crippen molar-refractivity contribution < 1.29 is 5.11 Å². The highest BCUT2D eigenvalue weighted by atomic mass is 16.3. The van der Waals surface area contributed by atoms with Crippen LogP contribution in [-0.2, 0) is 0 Å². The highest BCUT2D eigenvalue weighted by Gasteiger charge is 2.29. The summed E-state index contributed by atoms with van der Waals surface area (Å²) in [6.07, 6.45) is 3.22. The molecule has 3 N–H and O–H groups in total. The lowest BCUT2D eigenvalue weighted by molar-refractivity contribution is 0.0135. The van der Waals surface area contributed by atoms with E-state index in [1.54, 1.807) is 0 Å². The number of hydrogen-bond donors (Lipinski definition) is 2. The summed E-state index contributed by atoms with van der Waals surface area (Å²) in [5.41, 5.74) is 5.12. The molecule has 0 amide bonds. The lowest BCUT2D eigenvalue weighted by atomic mass is 10.0. The number of aliphatic hydroxyl groups is 1. The van der Waals surface area contributed by atoms with Gasteiger partial charge in [0.05, 0.1) is 5.60 Å². The van der Waals surface area contributed by atoms with Gasteiger partial charge in [-0.25, -0.2) is 0 Å². The van der Waals surface area contributed by atoms with E-state index in [0.717, 1.165) is 26.1 Å². The van der Waals surface area contributed by atoms with Crippen LogP contribution in [0.3, 0.4) is 0 Å². The van der Waals surface area contributed by atoms with E-state index in [4.69, 9.17) is 5.73 Å². The lowest BCUT2D eigenvalue weighted by Crippen LogP contribution is -2.45. The molecule has 0 aromatic rings. The predicted octanol–water partition coefficient (Wildman–Crippen LogP) is 0.571. The summed E-state index contributed by atoms with van der Waals surface area (Å²) in [6, 6.07) is 0.498. The molecule has 13 heavy (non-hydrogen) atoms. The zero-order valence-corrected chi connectivity index (χ0v) is 8.79. The highest BCUT2D eigenvalue weighted by Crippen LogP contribution is 2.20. The molecule has 78 valence electrons. The van der Waals surface area contributed by atoms with Crippen molar-refractivity contribution in [2.75, 3.05) is 19.6 Å². The third kappa shape index (κ3) is 2.93. The van der Waals surface area contributed by atoms with E-state index in [9.17, 15) is 5.11 Å². The molecule has 2 unspecified atom stereocenters. The first-order valence-corrected chi connectivity index (χ1v) is 5.25. The molecular weight excluding hydrogens is 164 g/mol. The summed E-state index contributed by atoms with van der Waals surface area (Å²) in [4.78, 5) is 2.32. The van der Waals surface area contributed by atoms with Gasteiger partial charge in [-0.15, -0.1) is 0 Å². The number of nitrogens with zero attached hydrogens (tertiary/aromatic N) is 1. The SMILES string of the molecule is CCC(C)(O)CN1CCCC1CN. The van der Waals surface area contributed by atoms with Crippen LogP contribution in [-0.4, -0.2) is 41.3 Å². The van der Waals surface area contributed by atoms with Crippen LogP contribution in [0.2, 0.25) is 0 Å². The molecule has 1 heterocycles. The Morgan fingerprint density at radius 1 is 1.62 bits per heavy atom. The molecule has 0 aromatic carbocycles. The Hall–Kier alpha value is -0.120. The van der Waals surface area contributed by atoms with E-state index < -0.39 is 5.60 Å². The summed E-state index contributed by atoms with van der Waals surface area (Å²) in [5, 5.41) is 9.91. The van der Waals surface area contributed by atoms with Crippen LogP contribution < -0.4 is 5.73 Å². The first-order valence-electron chi connectivity index (χ1n) is 5.25. The highest BCUT2D eigenvalue weighted by molar-refractivity contribution is 4.85. The maximum absolute atomic E-state index is 9.91. The lowest BCUT2D eigenvalue weighted by Gasteiger charge is -2.31. The largest absolute Gasteiger partial charge is 0.389 e. The standard InChI is InChI=1S/C10H22N2O/c1-3-10(2,13)8-12-6-4-5-9(12)7-11/h9,13H,3-8,11H2,1-2H3. The fourth-order valence-corrected chi connectivity index (χ4v) is 1.92. The molecule has 1 aliphatic heterocycles. The van der Waals surface area contributed by atoms with Crippen molar-refractivity contribution in [3.8, 4) is 0 Å². The van der Waals surface area contributed by atoms with E-state index in [-0.39, 0.29) is 0 Å². The Bertz CT molecular complexity index is 159. The minimum absolute atomic E-state index is 0.498. The molecule has 0 spiro atoms. The topological polar surface area (TPSA) is 49.5 Å². The van der Waals surface area contributed by atoms with E-state index >= 15 is 0 Å². The summed E-state index contributed by atoms with van der Waals surface area (Å²) < 4.78 is 0. The number of likely N-dealkylation sites (tertiary alicyclic amines) is 1. The number of β-amino-alcohol motifs (C(OH)–C–C–N with tert-alkyl or cyclic N) is 1. The molecule has 3 nitrogen and oxygen atoms in total. The van der Waals surface area contributed by atoms with Crippen molar-refractivity contribution in [1.29, 1.82) is 0 Å². The molecule has 1 rings (SSSR count). The van der Waals surface area contributed by atoms with Gasteiger partial charge < -0.3 is 10.8 Å². The molecule has 1 fully saturated rings. The molecule has 1 aliphatic rings. The number of hydrogen-bond acceptors (Lipinski definition) is 3. The van der Waals surface area contributed by atoms with E-state index in [2.05, 4.69) is 4.90 Å². The maximum Gasteiger partial charge on any atom is 0.0743 e. The van der Waals surface area contributed by atoms with E-state index in [1.807, 2.05) is 13.8 Å². The summed E-state index contributed by atoms with van der Waals surface area (Å²) in [7, 11) is 0. The smallest absolute Gasteiger partial charge is 0.0743 e. The number of rotatable bonds is 4. The normalized spacial score (nSPS) is 29.1. The average molecular weight is 186 g/mol. The zero-order valence-electron chi connectivity index (χ0n) is 8.79. The van der Waals surface area contributed by atoms with Crippen LogP contribution in [0.4, 0.5) is 0 Å². The van der Waals surface area contributed by atoms with Gasteiger partial charge >= 0.3 is 0 Å². The number of nitrogens with two attached hydrogens (primary N) is 1. The van der Waals surface area contributed by atoms with Crippen LogP contribution in [0.1, 0.15) is 33.1 Å². The van der Waals surface area contributed by atoms with Crippen molar-refractivity contribution in [2.24, 2.45) is 5.73 Å². The van der Waals surface area contributed by atoms with Crippen molar-refractivity contribution in [3.05, 3.63) is 0 Å². The van der Waals surface area contributed by atoms with Gasteiger partial charge in [-0.3, -0.25) is 4.90 Å². The molecule has 2 atom stereocenters. The van der Waals surface area contributed by atoms with Crippen LogP contribution >= 0.6 is 0 Å². The molecular formula is C10H22N2O. The Balaban J connectivity index is 2.43. The Morgan fingerprint density at radius 2 is 2.31 bits per heavy atom. The Labute approximate surface area is 80.9 Å². The second kappa shape index (κ2) is 4.40. The third-order valence-electron chi connectivity index (χ3n) is 3.08. The van der Waals surface area contributed by atoms with Crippen LogP contribution in [0.25, 0.3) is 0 Å². The van der Waals surface area contributed by atoms with E-state index in [0.29, 0.717) is 6.04 Å². The van der Waals surface area contributed by atoms with Crippen LogP contribution in [0.5, 0.6) is 0 Å². The maximum atomic E-state index is 9.91. The summed E-state index contributed by atoms with van der Waals surface area (Å²) >= 11 is 0. The average Bonchev–Trinajstić information content (AvgIpc) is 2.51. The minimum atomic E-state index is -0.544. The van der Waals surface area contributed by atoms with Gasteiger partial charge in [0.2, 0.25) is 0 Å². The molecule has 0 aromatic heterocycles. The molecule has 0 saturated carbocycles. The van der Waals surface area contributed by atoms with Crippen molar-refractivity contribution in [2.45, 2.75) is 44.8 Å². The van der Waals surface area contributed by atoms with Gasteiger partial charge in [0, 0.05) is 19.1 Å². The van der Waals surface area contributed by atoms with Gasteiger partial charge in [0.25, 0.3) is 0 Å². The zero-order chi connectivity index (χ0) is 9.90. The second-order valence-electron chi connectivity index (χ2n) is 4.35. The van der Waals surface area contributed by atoms with Gasteiger partial charge in [-0.1, -0.05) is 6.92 Å². The summed E-state index contributed by atoms with van der Waals surface area (Å²) in [5.74, 6) is 0. The predicted molar refractivity (Wildman–Crippen MR) is 54.6 cm³/mol. The van der Waals surface area contributed by atoms with Crippen LogP contribution in [0.15, 0.2) is 0 Å². The van der Waals surface area contributed by atoms with Gasteiger partial charge in [0.1, 0.15) is 0 Å². The molecule has 0 radical (unpaired) electrons. The Kier molecular flexibility index (Phi) is 3.71. The quantitative estimate of drug-likeness (QED) is 0.675. The molecule has 1 saturated heterocycles. The molecule has 0 aliphatic carbocycles. The van der Waals surface area contributed by atoms with Crippen LogP contribution in [0, 0.1) is 0 Å².